The maximum absolute atomic E-state index is 13.1. The molecule has 4 amide bonds. The fourth-order valence-electron chi connectivity index (χ4n) is 3.81. The first kappa shape index (κ1) is 24.3. The highest BCUT2D eigenvalue weighted by molar-refractivity contribution is 8.00. The van der Waals surface area contributed by atoms with E-state index in [2.05, 4.69) is 20.8 Å². The highest BCUT2D eigenvalue weighted by Crippen LogP contribution is 2.46. The number of hydrogen-bond donors (Lipinski definition) is 3. The monoisotopic (exact) mass is 526 g/mol. The largest absolute Gasteiger partial charge is 0.481 e. The van der Waals surface area contributed by atoms with E-state index in [-0.39, 0.29) is 48.3 Å². The quantitative estimate of drug-likeness (QED) is 0.295. The molecule has 0 aromatic carbocycles. The van der Waals surface area contributed by atoms with E-state index in [0.717, 1.165) is 0 Å². The van der Waals surface area contributed by atoms with Crippen molar-refractivity contribution in [3.05, 3.63) is 17.5 Å². The summed E-state index contributed by atoms with van der Waals surface area (Å²) in [5.74, 6) is -1.11. The lowest BCUT2D eigenvalue weighted by atomic mass is 9.89. The summed E-state index contributed by atoms with van der Waals surface area (Å²) in [6, 6.07) is 2.29. The van der Waals surface area contributed by atoms with Gasteiger partial charge in [-0.15, -0.1) is 28.2 Å². The summed E-state index contributed by atoms with van der Waals surface area (Å²) >= 11 is 3.91. The Morgan fingerprint density at radius 3 is 2.88 bits per heavy atom. The molecule has 2 aliphatic rings. The number of urea groups is 1. The predicted octanol–water partition coefficient (Wildman–Crippen LogP) is -0.0972. The molecule has 4 rings (SSSR count). The molecule has 2 aliphatic heterocycles. The summed E-state index contributed by atoms with van der Waals surface area (Å²) in [5.41, 5.74) is 3.84. The maximum atomic E-state index is 13.1. The van der Waals surface area contributed by atoms with Crippen LogP contribution in [0, 0.1) is 5.41 Å². The molecule has 0 aliphatic carbocycles. The number of carbonyl (C=O) groups is 4. The number of aromatic nitrogens is 4. The van der Waals surface area contributed by atoms with E-state index in [1.807, 2.05) is 11.4 Å². The smallest absolute Gasteiger partial charge is 0.313 e. The van der Waals surface area contributed by atoms with Gasteiger partial charge in [-0.25, -0.2) is 9.48 Å². The van der Waals surface area contributed by atoms with Crippen LogP contribution in [0.15, 0.2) is 22.7 Å². The minimum absolute atomic E-state index is 0.0311. The lowest BCUT2D eigenvalue weighted by Crippen LogP contribution is -2.74. The van der Waals surface area contributed by atoms with Gasteiger partial charge >= 0.3 is 12.0 Å². The van der Waals surface area contributed by atoms with Crippen molar-refractivity contribution in [3.63, 3.8) is 0 Å². The molecule has 4 heterocycles. The minimum atomic E-state index is -1.21. The number of nitrogens with zero attached hydrogens (tertiary/aromatic N) is 6. The van der Waals surface area contributed by atoms with Crippen molar-refractivity contribution >= 4 is 63.7 Å². The van der Waals surface area contributed by atoms with Crippen LogP contribution in [0.2, 0.25) is 0 Å². The van der Waals surface area contributed by atoms with Gasteiger partial charge in [0.05, 0.1) is 11.5 Å². The Labute approximate surface area is 206 Å². The van der Waals surface area contributed by atoms with Gasteiger partial charge < -0.3 is 21.1 Å². The fraction of sp³-hybridized carbons (Fsp3) is 0.500. The summed E-state index contributed by atoms with van der Waals surface area (Å²) < 4.78 is 1.45. The number of primary amides is 1. The third-order valence-electron chi connectivity index (χ3n) is 5.53. The van der Waals surface area contributed by atoms with Crippen molar-refractivity contribution in [1.29, 1.82) is 0 Å². The number of thiophene rings is 1. The molecule has 0 radical (unpaired) electrons. The number of carbonyl (C=O) groups excluding carboxylic acids is 3. The van der Waals surface area contributed by atoms with Crippen LogP contribution in [0.4, 0.5) is 9.80 Å². The van der Waals surface area contributed by atoms with E-state index < -0.39 is 23.5 Å². The van der Waals surface area contributed by atoms with E-state index in [0.29, 0.717) is 10.2 Å². The van der Waals surface area contributed by atoms with Crippen molar-refractivity contribution in [2.45, 2.75) is 30.0 Å². The van der Waals surface area contributed by atoms with Gasteiger partial charge in [-0.05, 0) is 27.9 Å². The van der Waals surface area contributed by atoms with E-state index >= 15 is 0 Å². The number of hydrogen-bond acceptors (Lipinski definition) is 10. The third-order valence-corrected chi connectivity index (χ3v) is 9.22. The lowest BCUT2D eigenvalue weighted by molar-refractivity contribution is -0.156. The van der Waals surface area contributed by atoms with Crippen molar-refractivity contribution in [2.24, 2.45) is 11.1 Å². The van der Waals surface area contributed by atoms with Gasteiger partial charge in [0.25, 0.3) is 0 Å². The van der Waals surface area contributed by atoms with Crippen molar-refractivity contribution in [3.8, 4) is 0 Å². The zero-order valence-electron chi connectivity index (χ0n) is 18.0. The van der Waals surface area contributed by atoms with Crippen LogP contribution in [0.5, 0.6) is 0 Å². The second-order valence-electron chi connectivity index (χ2n) is 7.80. The van der Waals surface area contributed by atoms with Crippen LogP contribution >= 0.6 is 34.9 Å². The van der Waals surface area contributed by atoms with E-state index in [1.165, 1.54) is 56.3 Å². The molecular weight excluding hydrogens is 504 g/mol. The van der Waals surface area contributed by atoms with Gasteiger partial charge in [-0.1, -0.05) is 11.8 Å². The van der Waals surface area contributed by atoms with Crippen molar-refractivity contribution in [2.75, 3.05) is 29.5 Å². The van der Waals surface area contributed by atoms with Crippen LogP contribution in [0.1, 0.15) is 6.92 Å². The number of thioether (sulfide) groups is 2. The van der Waals surface area contributed by atoms with E-state index in [9.17, 15) is 24.3 Å². The SMILES string of the molecule is CC(=O)N(c1cccs1)C1C(=O)N2CC(CSc3nnnn3CCNC(N)=O)(C(=O)O)CS[C@H]12. The summed E-state index contributed by atoms with van der Waals surface area (Å²) in [6.45, 7) is 1.94. The average molecular weight is 527 g/mol. The molecule has 13 nitrogen and oxygen atoms in total. The Morgan fingerprint density at radius 1 is 1.44 bits per heavy atom. The zero-order chi connectivity index (χ0) is 24.5. The zero-order valence-corrected chi connectivity index (χ0v) is 20.4. The fourth-order valence-corrected chi connectivity index (χ4v) is 7.43. The molecule has 2 aromatic heterocycles. The number of fused-ring (bicyclic) bond motifs is 1. The normalized spacial score (nSPS) is 23.7. The Bertz CT molecular complexity index is 1100. The topological polar surface area (TPSA) is 177 Å². The summed E-state index contributed by atoms with van der Waals surface area (Å²) in [5, 5.41) is 26.5. The number of rotatable bonds is 9. The Kier molecular flexibility index (Phi) is 6.99. The first-order chi connectivity index (χ1) is 16.2. The van der Waals surface area contributed by atoms with Gasteiger partial charge in [0, 0.05) is 31.5 Å². The lowest BCUT2D eigenvalue weighted by Gasteiger charge is -2.55. The maximum Gasteiger partial charge on any atom is 0.313 e. The van der Waals surface area contributed by atoms with Gasteiger partial charge in [0.15, 0.2) is 0 Å². The predicted molar refractivity (Wildman–Crippen MR) is 125 cm³/mol. The minimum Gasteiger partial charge on any atom is -0.481 e. The number of aliphatic carboxylic acids is 1. The van der Waals surface area contributed by atoms with Crippen LogP contribution in [0.3, 0.4) is 0 Å². The molecule has 2 fully saturated rings. The van der Waals surface area contributed by atoms with Gasteiger partial charge in [0.1, 0.15) is 16.8 Å². The number of carboxylic acid groups (broad SMARTS) is 1. The molecule has 0 bridgehead atoms. The van der Waals surface area contributed by atoms with E-state index in [4.69, 9.17) is 5.73 Å². The Hall–Kier alpha value is -2.85. The van der Waals surface area contributed by atoms with Crippen molar-refractivity contribution < 1.29 is 24.3 Å². The van der Waals surface area contributed by atoms with Crippen molar-refractivity contribution in [1.82, 2.24) is 30.4 Å². The number of tetrazole rings is 1. The highest BCUT2D eigenvalue weighted by atomic mass is 32.2. The second kappa shape index (κ2) is 9.79. The van der Waals surface area contributed by atoms with Crippen LogP contribution in [-0.2, 0) is 20.9 Å². The average Bonchev–Trinajstić information content (AvgIpc) is 3.47. The van der Waals surface area contributed by atoms with Crippen LogP contribution in [-0.4, -0.2) is 90.0 Å². The first-order valence-electron chi connectivity index (χ1n) is 10.1. The van der Waals surface area contributed by atoms with Gasteiger partial charge in [-0.3, -0.25) is 19.3 Å². The molecule has 34 heavy (non-hydrogen) atoms. The number of nitrogens with two attached hydrogens (primary N) is 1. The molecule has 4 N–H and O–H groups in total. The number of nitrogens with one attached hydrogen (secondary N) is 1. The molecule has 182 valence electrons. The molecule has 2 unspecified atom stereocenters. The second-order valence-corrected chi connectivity index (χ2v) is 10.8. The molecule has 3 atom stereocenters. The summed E-state index contributed by atoms with van der Waals surface area (Å²) in [4.78, 5) is 51.6. The number of anilines is 1. The van der Waals surface area contributed by atoms with Crippen LogP contribution < -0.4 is 16.0 Å². The molecule has 2 aromatic rings. The Balaban J connectivity index is 1.44. The van der Waals surface area contributed by atoms with Crippen LogP contribution in [0.25, 0.3) is 0 Å². The first-order valence-corrected chi connectivity index (χ1v) is 13.1. The molecule has 16 heteroatoms. The molecular formula is C18H22N8O5S3. The summed E-state index contributed by atoms with van der Waals surface area (Å²) in [6.07, 6.45) is 0. The highest BCUT2D eigenvalue weighted by Gasteiger charge is 2.59. The molecule has 2 saturated heterocycles. The summed E-state index contributed by atoms with van der Waals surface area (Å²) in [7, 11) is 0. The number of carboxylic acids is 1. The number of amides is 4. The van der Waals surface area contributed by atoms with E-state index in [1.54, 1.807) is 6.07 Å². The van der Waals surface area contributed by atoms with Gasteiger partial charge in [-0.2, -0.15) is 0 Å². The molecule has 0 saturated carbocycles. The third kappa shape index (κ3) is 4.56. The Morgan fingerprint density at radius 2 is 2.24 bits per heavy atom. The number of β-lactam (4-membered cyclic amide) rings is 1. The van der Waals surface area contributed by atoms with Gasteiger partial charge in [0.2, 0.25) is 17.0 Å². The standard InChI is InChI=1S/C18H22N8O5S3/c1-10(27)26(11-3-2-6-32-11)12-13(28)24-7-18(15(29)30,8-33-14(12)24)9-34-17-21-22-23-25(17)5-4-20-16(19)31/h2-3,6,12,14H,4-5,7-9H2,1H3,(H,29,30)(H3,19,20,31)/t12?,14-,18?/m1/s1. The molecule has 0 spiro atoms.